The third-order valence-electron chi connectivity index (χ3n) is 7.38. The Kier molecular flexibility index (Phi) is 5.53. The smallest absolute Gasteiger partial charge is 0.253 e. The number of amides is 2. The lowest BCUT2D eigenvalue weighted by Gasteiger charge is -2.33. The van der Waals surface area contributed by atoms with Crippen LogP contribution >= 0.6 is 0 Å². The number of aromatic amines is 1. The first kappa shape index (κ1) is 19.7. The minimum Gasteiger partial charge on any atom is -0.358 e. The number of aryl methyl sites for hydroxylation is 2. The summed E-state index contributed by atoms with van der Waals surface area (Å²) < 4.78 is 0. The van der Waals surface area contributed by atoms with E-state index in [1.807, 2.05) is 11.0 Å². The first-order valence-electron chi connectivity index (χ1n) is 11.9. The number of nitrogens with one attached hydrogen (secondary N) is 2. The van der Waals surface area contributed by atoms with E-state index in [0.717, 1.165) is 56.1 Å². The lowest BCUT2D eigenvalue weighted by Crippen LogP contribution is -2.47. The molecule has 1 atom stereocenters. The van der Waals surface area contributed by atoms with Crippen molar-refractivity contribution in [3.05, 3.63) is 35.0 Å². The summed E-state index contributed by atoms with van der Waals surface area (Å²) in [6.45, 7) is 1.29. The minimum atomic E-state index is -0.0756. The summed E-state index contributed by atoms with van der Waals surface area (Å²) in [4.78, 5) is 31.5. The number of carbonyl (C=O) groups is 2. The Bertz CT molecular complexity index is 941. The highest BCUT2D eigenvalue weighted by molar-refractivity contribution is 5.99. The summed E-state index contributed by atoms with van der Waals surface area (Å²) in [5.74, 6) is 0.140. The zero-order valence-corrected chi connectivity index (χ0v) is 17.8. The van der Waals surface area contributed by atoms with Crippen LogP contribution in [-0.2, 0) is 17.6 Å². The Morgan fingerprint density at radius 3 is 2.67 bits per heavy atom. The van der Waals surface area contributed by atoms with E-state index in [9.17, 15) is 9.59 Å². The monoisotopic (exact) mass is 407 g/mol. The summed E-state index contributed by atoms with van der Waals surface area (Å²) in [6.07, 6.45) is 12.4. The molecule has 30 heavy (non-hydrogen) atoms. The maximum absolute atomic E-state index is 13.3. The highest BCUT2D eigenvalue weighted by Crippen LogP contribution is 2.30. The van der Waals surface area contributed by atoms with Gasteiger partial charge in [0.25, 0.3) is 5.91 Å². The van der Waals surface area contributed by atoms with Crippen molar-refractivity contribution in [3.8, 4) is 0 Å². The van der Waals surface area contributed by atoms with Crippen LogP contribution in [0, 0.1) is 5.92 Å². The molecule has 1 aromatic carbocycles. The molecule has 2 heterocycles. The fourth-order valence-corrected chi connectivity index (χ4v) is 5.66. The first-order valence-corrected chi connectivity index (χ1v) is 11.9. The van der Waals surface area contributed by atoms with Crippen LogP contribution in [0.1, 0.15) is 79.4 Å². The van der Waals surface area contributed by atoms with Crippen LogP contribution in [0.5, 0.6) is 0 Å². The van der Waals surface area contributed by atoms with E-state index >= 15 is 0 Å². The van der Waals surface area contributed by atoms with Crippen LogP contribution in [0.2, 0.25) is 0 Å². The van der Waals surface area contributed by atoms with Crippen LogP contribution in [0.15, 0.2) is 18.2 Å². The van der Waals surface area contributed by atoms with Crippen LogP contribution in [0.25, 0.3) is 10.9 Å². The van der Waals surface area contributed by atoms with E-state index in [-0.39, 0.29) is 17.7 Å². The van der Waals surface area contributed by atoms with Gasteiger partial charge in [0.15, 0.2) is 0 Å². The number of likely N-dealkylation sites (tertiary alicyclic amines) is 1. The van der Waals surface area contributed by atoms with Crippen molar-refractivity contribution in [1.29, 1.82) is 0 Å². The van der Waals surface area contributed by atoms with E-state index in [2.05, 4.69) is 22.4 Å². The van der Waals surface area contributed by atoms with Gasteiger partial charge in [-0.25, -0.2) is 0 Å². The van der Waals surface area contributed by atoms with Gasteiger partial charge in [0.05, 0.1) is 5.92 Å². The van der Waals surface area contributed by atoms with Crippen molar-refractivity contribution in [1.82, 2.24) is 15.2 Å². The second-order valence-corrected chi connectivity index (χ2v) is 9.48. The molecule has 5 heteroatoms. The van der Waals surface area contributed by atoms with Crippen molar-refractivity contribution < 1.29 is 9.59 Å². The normalized spacial score (nSPS) is 22.7. The molecule has 1 unspecified atom stereocenters. The Labute approximate surface area is 178 Å². The average molecular weight is 408 g/mol. The molecule has 2 N–H and O–H groups in total. The zero-order chi connectivity index (χ0) is 20.5. The lowest BCUT2D eigenvalue weighted by molar-refractivity contribution is -0.127. The number of carbonyl (C=O) groups excluding carboxylic acids is 2. The molecular formula is C25H33N3O2. The maximum atomic E-state index is 13.3. The second kappa shape index (κ2) is 8.44. The molecule has 1 saturated carbocycles. The van der Waals surface area contributed by atoms with Crippen molar-refractivity contribution in [3.63, 3.8) is 0 Å². The highest BCUT2D eigenvalue weighted by Gasteiger charge is 2.30. The Balaban J connectivity index is 1.29. The molecule has 0 bridgehead atoms. The highest BCUT2D eigenvalue weighted by atomic mass is 16.2. The lowest BCUT2D eigenvalue weighted by atomic mass is 9.92. The number of rotatable bonds is 3. The van der Waals surface area contributed by atoms with Gasteiger partial charge < -0.3 is 15.2 Å². The van der Waals surface area contributed by atoms with E-state index in [1.165, 1.54) is 48.7 Å². The van der Waals surface area contributed by atoms with Gasteiger partial charge in [-0.15, -0.1) is 0 Å². The number of nitrogens with zero attached hydrogens (tertiary/aromatic N) is 1. The van der Waals surface area contributed by atoms with E-state index in [4.69, 9.17) is 0 Å². The number of hydrogen-bond acceptors (Lipinski definition) is 2. The van der Waals surface area contributed by atoms with Crippen LogP contribution in [0.4, 0.5) is 0 Å². The Morgan fingerprint density at radius 2 is 1.80 bits per heavy atom. The molecular weight excluding hydrogens is 374 g/mol. The molecule has 3 aliphatic rings. The number of H-pyrrole nitrogens is 1. The molecule has 5 nitrogen and oxygen atoms in total. The van der Waals surface area contributed by atoms with Gasteiger partial charge in [-0.3, -0.25) is 9.59 Å². The predicted molar refractivity (Wildman–Crippen MR) is 119 cm³/mol. The van der Waals surface area contributed by atoms with E-state index in [1.54, 1.807) is 0 Å². The molecule has 2 aromatic rings. The summed E-state index contributed by atoms with van der Waals surface area (Å²) >= 11 is 0. The quantitative estimate of drug-likeness (QED) is 0.794. The van der Waals surface area contributed by atoms with Gasteiger partial charge in [-0.1, -0.05) is 19.3 Å². The number of piperidine rings is 1. The summed E-state index contributed by atoms with van der Waals surface area (Å²) in [7, 11) is 0. The fourth-order valence-electron chi connectivity index (χ4n) is 5.66. The molecule has 5 rings (SSSR count). The molecule has 2 aliphatic carbocycles. The molecule has 160 valence electrons. The predicted octanol–water partition coefficient (Wildman–Crippen LogP) is 4.35. The van der Waals surface area contributed by atoms with Gasteiger partial charge >= 0.3 is 0 Å². The standard InChI is InChI=1S/C25H33N3O2/c29-24(26-19-8-2-1-3-9-19)18-7-6-14-28(16-18)25(30)17-12-13-23-21(15-17)20-10-4-5-11-22(20)27-23/h12-13,15,18-19,27H,1-11,14,16H2,(H,26,29). The minimum absolute atomic E-state index is 0.0674. The van der Waals surface area contributed by atoms with Gasteiger partial charge in [0.2, 0.25) is 5.91 Å². The number of aromatic nitrogens is 1. The van der Waals surface area contributed by atoms with Crippen molar-refractivity contribution in [2.75, 3.05) is 13.1 Å². The molecule has 1 aromatic heterocycles. The topological polar surface area (TPSA) is 65.2 Å². The van der Waals surface area contributed by atoms with Crippen LogP contribution < -0.4 is 5.32 Å². The summed E-state index contributed by atoms with van der Waals surface area (Å²) in [5, 5.41) is 4.47. The summed E-state index contributed by atoms with van der Waals surface area (Å²) in [5.41, 5.74) is 4.64. The fraction of sp³-hybridized carbons (Fsp3) is 0.600. The van der Waals surface area contributed by atoms with Gasteiger partial charge in [0, 0.05) is 41.3 Å². The average Bonchev–Trinajstić information content (AvgIpc) is 3.17. The van der Waals surface area contributed by atoms with Crippen molar-refractivity contribution >= 4 is 22.7 Å². The molecule has 0 radical (unpaired) electrons. The van der Waals surface area contributed by atoms with E-state index < -0.39 is 0 Å². The third-order valence-corrected chi connectivity index (χ3v) is 7.38. The zero-order valence-electron chi connectivity index (χ0n) is 17.8. The van der Waals surface area contributed by atoms with Crippen LogP contribution in [0.3, 0.4) is 0 Å². The Hall–Kier alpha value is -2.30. The molecule has 2 fully saturated rings. The van der Waals surface area contributed by atoms with Gasteiger partial charge in [-0.05, 0) is 75.1 Å². The van der Waals surface area contributed by atoms with Crippen LogP contribution in [-0.4, -0.2) is 40.8 Å². The molecule has 2 amide bonds. The largest absolute Gasteiger partial charge is 0.358 e. The molecule has 1 saturated heterocycles. The molecule has 1 aliphatic heterocycles. The Morgan fingerprint density at radius 1 is 0.967 bits per heavy atom. The first-order chi connectivity index (χ1) is 14.7. The number of fused-ring (bicyclic) bond motifs is 3. The van der Waals surface area contributed by atoms with Crippen molar-refractivity contribution in [2.45, 2.75) is 76.7 Å². The van der Waals surface area contributed by atoms with Gasteiger partial charge in [0.1, 0.15) is 0 Å². The number of benzene rings is 1. The maximum Gasteiger partial charge on any atom is 0.253 e. The summed E-state index contributed by atoms with van der Waals surface area (Å²) in [6, 6.07) is 6.40. The van der Waals surface area contributed by atoms with Crippen molar-refractivity contribution in [2.24, 2.45) is 5.92 Å². The van der Waals surface area contributed by atoms with Gasteiger partial charge in [-0.2, -0.15) is 0 Å². The van der Waals surface area contributed by atoms with E-state index in [0.29, 0.717) is 12.6 Å². The SMILES string of the molecule is O=C(NC1CCCCC1)C1CCCN(C(=O)c2ccc3[nH]c4c(c3c2)CCCC4)C1. The number of hydrogen-bond donors (Lipinski definition) is 2. The molecule has 0 spiro atoms. The second-order valence-electron chi connectivity index (χ2n) is 9.48. The third kappa shape index (κ3) is 3.86.